The molecule has 0 heterocycles. The van der Waals surface area contributed by atoms with Crippen LogP contribution in [0.15, 0.2) is 24.3 Å². The fourth-order valence-electron chi connectivity index (χ4n) is 8.83. The molecule has 9 heteroatoms. The maximum atomic E-state index is 12.8. The number of carbonyl (C=O) groups is 1. The first-order valence-corrected chi connectivity index (χ1v) is 31.5. The quantitative estimate of drug-likeness (QED) is 0.0197. The van der Waals surface area contributed by atoms with Gasteiger partial charge in [0.1, 0.15) is 19.3 Å². The van der Waals surface area contributed by atoms with E-state index in [1.165, 1.54) is 244 Å². The second-order valence-electron chi connectivity index (χ2n) is 21.7. The summed E-state index contributed by atoms with van der Waals surface area (Å²) in [7, 11) is 1.37. The van der Waals surface area contributed by atoms with E-state index in [0.29, 0.717) is 24.1 Å². The van der Waals surface area contributed by atoms with Gasteiger partial charge in [0, 0.05) is 13.0 Å². The third-order valence-corrected chi connectivity index (χ3v) is 14.4. The van der Waals surface area contributed by atoms with Gasteiger partial charge in [0.25, 0.3) is 7.82 Å². The second kappa shape index (κ2) is 53.3. The van der Waals surface area contributed by atoms with Gasteiger partial charge >= 0.3 is 5.97 Å². The smallest absolute Gasteiger partial charge is 0.306 e. The van der Waals surface area contributed by atoms with Gasteiger partial charge in [-0.05, 0) is 64.2 Å². The second-order valence-corrected chi connectivity index (χ2v) is 23.1. The van der Waals surface area contributed by atoms with E-state index in [9.17, 15) is 14.3 Å². The lowest BCUT2D eigenvalue weighted by atomic mass is 10.0. The molecule has 0 aromatic rings. The standard InChI is InChI=1S/C60H118NO7P/c1-6-8-10-12-14-16-18-20-22-24-26-28-30-32-34-36-38-40-42-44-46-48-50-52-55-65-57-59(58-67-69(63,64)66-56-54-61(3,4)5)68-60(62)53-51-49-47-45-43-41-39-37-35-33-31-29-27-25-23-21-19-17-15-13-11-9-7-2/h24-27,59H,6-23,28-58H2,1-5H3/b26-24-,27-25-. The normalized spacial score (nSPS) is 13.5. The zero-order valence-corrected chi connectivity index (χ0v) is 47.7. The van der Waals surface area contributed by atoms with Crippen LogP contribution >= 0.6 is 7.82 Å². The maximum absolute atomic E-state index is 12.8. The zero-order chi connectivity index (χ0) is 50.5. The molecule has 0 saturated carbocycles. The summed E-state index contributed by atoms with van der Waals surface area (Å²) in [6, 6.07) is 0. The zero-order valence-electron chi connectivity index (χ0n) is 46.8. The van der Waals surface area contributed by atoms with Crippen LogP contribution in [-0.2, 0) is 27.9 Å². The predicted molar refractivity (Wildman–Crippen MR) is 296 cm³/mol. The van der Waals surface area contributed by atoms with Crippen LogP contribution in [0.1, 0.15) is 296 Å². The first-order valence-electron chi connectivity index (χ1n) is 30.1. The molecule has 0 spiro atoms. The van der Waals surface area contributed by atoms with Crippen LogP contribution in [0, 0.1) is 0 Å². The lowest BCUT2D eigenvalue weighted by Gasteiger charge is -2.28. The topological polar surface area (TPSA) is 94.1 Å². The van der Waals surface area contributed by atoms with Crippen LogP contribution in [0.5, 0.6) is 0 Å². The summed E-state index contributed by atoms with van der Waals surface area (Å²) in [4.78, 5) is 25.3. The highest BCUT2D eigenvalue weighted by molar-refractivity contribution is 7.45. The molecule has 0 N–H and O–H groups in total. The first-order chi connectivity index (χ1) is 33.6. The molecule has 0 aromatic heterocycles. The number of allylic oxidation sites excluding steroid dienone is 4. The van der Waals surface area contributed by atoms with Gasteiger partial charge in [-0.15, -0.1) is 0 Å². The number of hydrogen-bond donors (Lipinski definition) is 0. The molecule has 2 atom stereocenters. The van der Waals surface area contributed by atoms with E-state index in [0.717, 1.165) is 32.1 Å². The van der Waals surface area contributed by atoms with Crippen molar-refractivity contribution < 1.29 is 37.3 Å². The molecule has 0 aliphatic carbocycles. The molecule has 0 bridgehead atoms. The number of nitrogens with zero attached hydrogens (tertiary/aromatic N) is 1. The van der Waals surface area contributed by atoms with E-state index < -0.39 is 13.9 Å². The van der Waals surface area contributed by atoms with Gasteiger partial charge < -0.3 is 27.9 Å². The highest BCUT2D eigenvalue weighted by atomic mass is 31.2. The molecule has 0 amide bonds. The Bertz CT molecular complexity index is 1160. The van der Waals surface area contributed by atoms with E-state index >= 15 is 0 Å². The molecule has 0 fully saturated rings. The summed E-state index contributed by atoms with van der Waals surface area (Å²) in [5.41, 5.74) is 0. The molecule has 0 aliphatic rings. The van der Waals surface area contributed by atoms with E-state index in [1.54, 1.807) is 0 Å². The van der Waals surface area contributed by atoms with E-state index in [4.69, 9.17) is 18.5 Å². The summed E-state index contributed by atoms with van der Waals surface area (Å²) in [5.74, 6) is -0.329. The van der Waals surface area contributed by atoms with Crippen molar-refractivity contribution in [2.24, 2.45) is 0 Å². The number of rotatable bonds is 57. The first kappa shape index (κ1) is 68.0. The number of ether oxygens (including phenoxy) is 2. The number of unbranched alkanes of at least 4 members (excludes halogenated alkanes) is 39. The molecule has 410 valence electrons. The fraction of sp³-hybridized carbons (Fsp3) is 0.917. The number of phosphoric ester groups is 1. The minimum absolute atomic E-state index is 0.0283. The molecule has 0 saturated heterocycles. The summed E-state index contributed by atoms with van der Waals surface area (Å²) < 4.78 is 34.9. The SMILES string of the molecule is CCCCCCCCCC/C=C\CCCCCCCCCCCCCCOCC(COP(=O)([O-])OCC[N+](C)(C)C)OC(=O)CCCCCCCCCCCCC/C=C\CCCCCCCCCC. The molecular formula is C60H118NO7P. The molecular weight excluding hydrogens is 878 g/mol. The number of phosphoric acid groups is 1. The van der Waals surface area contributed by atoms with Gasteiger partial charge in [0.05, 0.1) is 34.4 Å². The summed E-state index contributed by atoms with van der Waals surface area (Å²) in [6.45, 7) is 5.48. The van der Waals surface area contributed by atoms with Gasteiger partial charge in [0.15, 0.2) is 0 Å². The molecule has 69 heavy (non-hydrogen) atoms. The Morgan fingerprint density at radius 2 is 0.754 bits per heavy atom. The Hall–Kier alpha value is -1.02. The van der Waals surface area contributed by atoms with Crippen LogP contribution in [0.4, 0.5) is 0 Å². The van der Waals surface area contributed by atoms with E-state index in [-0.39, 0.29) is 25.8 Å². The Morgan fingerprint density at radius 1 is 0.435 bits per heavy atom. The average molecular weight is 997 g/mol. The van der Waals surface area contributed by atoms with Crippen LogP contribution in [0.3, 0.4) is 0 Å². The molecule has 8 nitrogen and oxygen atoms in total. The molecule has 0 radical (unpaired) electrons. The monoisotopic (exact) mass is 996 g/mol. The van der Waals surface area contributed by atoms with Crippen LogP contribution in [-0.4, -0.2) is 70.7 Å². The summed E-state index contributed by atoms with van der Waals surface area (Å²) in [6.07, 6.45) is 65.1. The van der Waals surface area contributed by atoms with Crippen molar-refractivity contribution in [1.29, 1.82) is 0 Å². The third-order valence-electron chi connectivity index (χ3n) is 13.5. The minimum atomic E-state index is -4.53. The van der Waals surface area contributed by atoms with Gasteiger partial charge in [-0.1, -0.05) is 250 Å². The van der Waals surface area contributed by atoms with Gasteiger partial charge in [-0.2, -0.15) is 0 Å². The van der Waals surface area contributed by atoms with Crippen molar-refractivity contribution >= 4 is 13.8 Å². The molecule has 0 aromatic carbocycles. The number of quaternary nitrogens is 1. The fourth-order valence-corrected chi connectivity index (χ4v) is 9.56. The average Bonchev–Trinajstić information content (AvgIpc) is 3.31. The van der Waals surface area contributed by atoms with Crippen molar-refractivity contribution in [3.05, 3.63) is 24.3 Å². The number of hydrogen-bond acceptors (Lipinski definition) is 7. The highest BCUT2D eigenvalue weighted by Crippen LogP contribution is 2.38. The lowest BCUT2D eigenvalue weighted by Crippen LogP contribution is -2.37. The van der Waals surface area contributed by atoms with Gasteiger partial charge in [-0.25, -0.2) is 0 Å². The Kier molecular flexibility index (Phi) is 52.5. The largest absolute Gasteiger partial charge is 0.756 e. The van der Waals surface area contributed by atoms with Gasteiger partial charge in [-0.3, -0.25) is 9.36 Å². The summed E-state index contributed by atoms with van der Waals surface area (Å²) in [5, 5.41) is 0. The highest BCUT2D eigenvalue weighted by Gasteiger charge is 2.20. The Labute approximate surface area is 430 Å². The lowest BCUT2D eigenvalue weighted by molar-refractivity contribution is -0.870. The maximum Gasteiger partial charge on any atom is 0.306 e. The van der Waals surface area contributed by atoms with Gasteiger partial charge in [0.2, 0.25) is 0 Å². The predicted octanol–water partition coefficient (Wildman–Crippen LogP) is 18.4. The third kappa shape index (κ3) is 57.8. The van der Waals surface area contributed by atoms with Crippen LogP contribution in [0.25, 0.3) is 0 Å². The Morgan fingerprint density at radius 3 is 1.10 bits per heavy atom. The van der Waals surface area contributed by atoms with E-state index in [2.05, 4.69) is 38.2 Å². The minimum Gasteiger partial charge on any atom is -0.756 e. The van der Waals surface area contributed by atoms with Crippen LogP contribution in [0.2, 0.25) is 0 Å². The molecule has 0 aliphatic heterocycles. The number of esters is 1. The van der Waals surface area contributed by atoms with Crippen LogP contribution < -0.4 is 4.89 Å². The van der Waals surface area contributed by atoms with Crippen molar-refractivity contribution in [2.75, 3.05) is 54.1 Å². The van der Waals surface area contributed by atoms with Crippen molar-refractivity contribution in [3.8, 4) is 0 Å². The summed E-state index contributed by atoms with van der Waals surface area (Å²) >= 11 is 0. The number of likely N-dealkylation sites (N-methyl/N-ethyl adjacent to an activating group) is 1. The molecule has 2 unspecified atom stereocenters. The number of carbonyl (C=O) groups excluding carboxylic acids is 1. The van der Waals surface area contributed by atoms with Crippen molar-refractivity contribution in [2.45, 2.75) is 302 Å². The molecule has 0 rings (SSSR count). The van der Waals surface area contributed by atoms with Crippen molar-refractivity contribution in [3.63, 3.8) is 0 Å². The van der Waals surface area contributed by atoms with Crippen molar-refractivity contribution in [1.82, 2.24) is 0 Å². The van der Waals surface area contributed by atoms with E-state index in [1.807, 2.05) is 21.1 Å². The Balaban J connectivity index is 4.02.